The minimum atomic E-state index is 0.627. The first kappa shape index (κ1) is 9.32. The van der Waals surface area contributed by atoms with Crippen molar-refractivity contribution in [3.63, 3.8) is 0 Å². The molecule has 0 radical (unpaired) electrons. The van der Waals surface area contributed by atoms with Crippen LogP contribution >= 0.6 is 0 Å². The molecule has 0 atom stereocenters. The molecule has 3 heteroatoms. The molecule has 13 heavy (non-hydrogen) atoms. The van der Waals surface area contributed by atoms with Crippen LogP contribution in [-0.2, 0) is 0 Å². The fraction of sp³-hybridized carbons (Fsp3) is 0.100. The Kier molecular flexibility index (Phi) is 3.09. The SMILES string of the molecule is C=C/C(=C\N=C)c1nccc(C)n1. The molecule has 0 aliphatic rings. The summed E-state index contributed by atoms with van der Waals surface area (Å²) in [4.78, 5) is 12.0. The molecule has 0 aromatic carbocycles. The molecule has 0 fully saturated rings. The van der Waals surface area contributed by atoms with Crippen LogP contribution in [0.2, 0.25) is 0 Å². The van der Waals surface area contributed by atoms with E-state index in [0.29, 0.717) is 5.82 Å². The third kappa shape index (κ3) is 2.33. The highest BCUT2D eigenvalue weighted by Gasteiger charge is 1.99. The van der Waals surface area contributed by atoms with Gasteiger partial charge in [0.05, 0.1) is 0 Å². The number of aryl methyl sites for hydroxylation is 1. The van der Waals surface area contributed by atoms with Crippen LogP contribution in [0.15, 0.2) is 36.1 Å². The van der Waals surface area contributed by atoms with Gasteiger partial charge < -0.3 is 0 Å². The zero-order chi connectivity index (χ0) is 9.68. The molecule has 0 amide bonds. The third-order valence-corrected chi connectivity index (χ3v) is 1.50. The highest BCUT2D eigenvalue weighted by molar-refractivity contribution is 5.68. The molecular weight excluding hydrogens is 162 g/mol. The number of nitrogens with zero attached hydrogens (tertiary/aromatic N) is 3. The van der Waals surface area contributed by atoms with E-state index in [9.17, 15) is 0 Å². The van der Waals surface area contributed by atoms with Gasteiger partial charge in [-0.05, 0) is 19.7 Å². The van der Waals surface area contributed by atoms with E-state index in [-0.39, 0.29) is 0 Å². The number of hydrogen-bond donors (Lipinski definition) is 0. The molecule has 1 heterocycles. The number of aromatic nitrogens is 2. The molecule has 66 valence electrons. The topological polar surface area (TPSA) is 38.1 Å². The van der Waals surface area contributed by atoms with E-state index >= 15 is 0 Å². The lowest BCUT2D eigenvalue weighted by molar-refractivity contribution is 1.06. The van der Waals surface area contributed by atoms with E-state index in [1.165, 1.54) is 0 Å². The summed E-state index contributed by atoms with van der Waals surface area (Å²) in [6, 6.07) is 1.84. The summed E-state index contributed by atoms with van der Waals surface area (Å²) in [5, 5.41) is 0. The highest BCUT2D eigenvalue weighted by Crippen LogP contribution is 2.09. The van der Waals surface area contributed by atoms with E-state index in [4.69, 9.17) is 0 Å². The van der Waals surface area contributed by atoms with Crippen LogP contribution < -0.4 is 0 Å². The summed E-state index contributed by atoms with van der Waals surface area (Å²) >= 11 is 0. The summed E-state index contributed by atoms with van der Waals surface area (Å²) in [6.45, 7) is 8.93. The quantitative estimate of drug-likeness (QED) is 0.518. The molecule has 0 unspecified atom stereocenters. The predicted octanol–water partition coefficient (Wildman–Crippen LogP) is 2.01. The average molecular weight is 173 g/mol. The van der Waals surface area contributed by atoms with Crippen LogP contribution in [0.3, 0.4) is 0 Å². The van der Waals surface area contributed by atoms with E-state index in [2.05, 4.69) is 28.3 Å². The van der Waals surface area contributed by atoms with Crippen molar-refractivity contribution in [2.45, 2.75) is 6.92 Å². The van der Waals surface area contributed by atoms with Gasteiger partial charge in [-0.2, -0.15) is 0 Å². The average Bonchev–Trinajstić information content (AvgIpc) is 2.14. The maximum atomic E-state index is 4.22. The number of aliphatic imine (C=N–C) groups is 1. The van der Waals surface area contributed by atoms with E-state index in [1.807, 2.05) is 13.0 Å². The van der Waals surface area contributed by atoms with Crippen molar-refractivity contribution in [3.8, 4) is 0 Å². The van der Waals surface area contributed by atoms with Crippen LogP contribution in [0.4, 0.5) is 0 Å². The third-order valence-electron chi connectivity index (χ3n) is 1.50. The Morgan fingerprint density at radius 1 is 1.62 bits per heavy atom. The van der Waals surface area contributed by atoms with E-state index in [0.717, 1.165) is 11.3 Å². The molecule has 0 aliphatic heterocycles. The van der Waals surface area contributed by atoms with E-state index in [1.54, 1.807) is 18.5 Å². The molecule has 1 aromatic rings. The minimum absolute atomic E-state index is 0.627. The minimum Gasteiger partial charge on any atom is -0.272 e. The van der Waals surface area contributed by atoms with Crippen LogP contribution in [0.1, 0.15) is 11.5 Å². The highest BCUT2D eigenvalue weighted by atomic mass is 14.9. The van der Waals surface area contributed by atoms with Gasteiger partial charge in [-0.3, -0.25) is 4.99 Å². The lowest BCUT2D eigenvalue weighted by Crippen LogP contribution is -1.93. The van der Waals surface area contributed by atoms with Gasteiger partial charge in [0, 0.05) is 23.7 Å². The Labute approximate surface area is 77.6 Å². The van der Waals surface area contributed by atoms with Gasteiger partial charge in [-0.25, -0.2) is 9.97 Å². The lowest BCUT2D eigenvalue weighted by Gasteiger charge is -1.99. The number of hydrogen-bond acceptors (Lipinski definition) is 3. The zero-order valence-corrected chi connectivity index (χ0v) is 7.57. The molecule has 1 rings (SSSR count). The summed E-state index contributed by atoms with van der Waals surface area (Å²) in [5.41, 5.74) is 1.69. The van der Waals surface area contributed by atoms with Crippen molar-refractivity contribution in [1.82, 2.24) is 9.97 Å². The molecule has 3 nitrogen and oxygen atoms in total. The van der Waals surface area contributed by atoms with Gasteiger partial charge >= 0.3 is 0 Å². The maximum absolute atomic E-state index is 4.22. The number of allylic oxidation sites excluding steroid dienone is 2. The summed E-state index contributed by atoms with van der Waals surface area (Å²) in [5.74, 6) is 0.627. The molecule has 0 saturated heterocycles. The Bertz CT molecular complexity index is 353. The van der Waals surface area contributed by atoms with Crippen LogP contribution in [0.5, 0.6) is 0 Å². The van der Waals surface area contributed by atoms with Gasteiger partial charge in [0.1, 0.15) is 0 Å². The Balaban J connectivity index is 3.12. The maximum Gasteiger partial charge on any atom is 0.160 e. The van der Waals surface area contributed by atoms with Gasteiger partial charge in [0.15, 0.2) is 5.82 Å². The second kappa shape index (κ2) is 4.30. The zero-order valence-electron chi connectivity index (χ0n) is 7.57. The number of rotatable bonds is 3. The van der Waals surface area contributed by atoms with Crippen molar-refractivity contribution in [2.24, 2.45) is 4.99 Å². The first-order chi connectivity index (χ1) is 6.27. The Hall–Kier alpha value is -1.77. The standard InChI is InChI=1S/C10H11N3/c1-4-9(7-11-3)10-12-6-5-8(2)13-10/h4-7H,1,3H2,2H3/b9-7+. The normalized spacial score (nSPS) is 11.0. The summed E-state index contributed by atoms with van der Waals surface area (Å²) < 4.78 is 0. The van der Waals surface area contributed by atoms with Crippen LogP contribution in [-0.4, -0.2) is 16.7 Å². The second-order valence-corrected chi connectivity index (χ2v) is 2.49. The molecular formula is C10H11N3. The first-order valence-corrected chi connectivity index (χ1v) is 3.86. The van der Waals surface area contributed by atoms with Gasteiger partial charge in [0.2, 0.25) is 0 Å². The first-order valence-electron chi connectivity index (χ1n) is 3.86. The van der Waals surface area contributed by atoms with Crippen LogP contribution in [0, 0.1) is 6.92 Å². The Morgan fingerprint density at radius 3 is 2.92 bits per heavy atom. The van der Waals surface area contributed by atoms with Crippen molar-refractivity contribution in [1.29, 1.82) is 0 Å². The second-order valence-electron chi connectivity index (χ2n) is 2.49. The predicted molar refractivity (Wildman–Crippen MR) is 54.5 cm³/mol. The van der Waals surface area contributed by atoms with Gasteiger partial charge in [0.25, 0.3) is 0 Å². The Morgan fingerprint density at radius 2 is 2.38 bits per heavy atom. The molecule has 0 aliphatic carbocycles. The van der Waals surface area contributed by atoms with Crippen molar-refractivity contribution < 1.29 is 0 Å². The largest absolute Gasteiger partial charge is 0.272 e. The van der Waals surface area contributed by atoms with Crippen LogP contribution in [0.25, 0.3) is 5.57 Å². The summed E-state index contributed by atoms with van der Waals surface area (Å²) in [7, 11) is 0. The molecule has 0 saturated carbocycles. The van der Waals surface area contributed by atoms with Crippen molar-refractivity contribution in [2.75, 3.05) is 0 Å². The summed E-state index contributed by atoms with van der Waals surface area (Å²) in [6.07, 6.45) is 4.95. The van der Waals surface area contributed by atoms with E-state index < -0.39 is 0 Å². The fourth-order valence-electron chi connectivity index (χ4n) is 0.888. The lowest BCUT2D eigenvalue weighted by atomic mass is 10.2. The molecule has 0 bridgehead atoms. The van der Waals surface area contributed by atoms with Crippen molar-refractivity contribution >= 4 is 12.3 Å². The fourth-order valence-corrected chi connectivity index (χ4v) is 0.888. The van der Waals surface area contributed by atoms with Crippen molar-refractivity contribution in [3.05, 3.63) is 42.6 Å². The van der Waals surface area contributed by atoms with Gasteiger partial charge in [-0.1, -0.05) is 12.7 Å². The van der Waals surface area contributed by atoms with Gasteiger partial charge in [-0.15, -0.1) is 0 Å². The molecule has 0 spiro atoms. The monoisotopic (exact) mass is 173 g/mol. The molecule has 0 N–H and O–H groups in total. The molecule has 1 aromatic heterocycles. The smallest absolute Gasteiger partial charge is 0.160 e.